The smallest absolute Gasteiger partial charge is 0.369 e. The number of anilines is 3. The third kappa shape index (κ3) is 5.12. The normalized spacial score (nSPS) is 19.1. The molecular weight excluding hydrogens is 425 g/mol. The molecule has 4 heterocycles. The number of hydrogen-bond donors (Lipinski definition) is 3. The Morgan fingerprint density at radius 3 is 2.88 bits per heavy atom. The highest BCUT2D eigenvalue weighted by Gasteiger charge is 2.35. The number of alkyl halides is 3. The van der Waals surface area contributed by atoms with Gasteiger partial charge in [-0.3, -0.25) is 9.48 Å². The number of nitrogens with one attached hydrogen (secondary N) is 3. The van der Waals surface area contributed by atoms with E-state index in [1.54, 1.807) is 4.90 Å². The summed E-state index contributed by atoms with van der Waals surface area (Å²) in [6.45, 7) is 5.05. The molecule has 0 radical (unpaired) electrons. The molecule has 9 nitrogen and oxygen atoms in total. The number of amides is 1. The van der Waals surface area contributed by atoms with Gasteiger partial charge < -0.3 is 20.9 Å². The molecule has 1 amide bonds. The van der Waals surface area contributed by atoms with Crippen molar-refractivity contribution in [3.8, 4) is 0 Å². The number of aromatic nitrogens is 4. The first kappa shape index (κ1) is 22.3. The molecule has 3 N–H and O–H groups in total. The molecule has 1 atom stereocenters. The minimum atomic E-state index is -4.58. The molecule has 32 heavy (non-hydrogen) atoms. The van der Waals surface area contributed by atoms with Gasteiger partial charge >= 0.3 is 6.18 Å². The fourth-order valence-electron chi connectivity index (χ4n) is 3.98. The first-order chi connectivity index (χ1) is 15.3. The van der Waals surface area contributed by atoms with Crippen LogP contribution in [0.25, 0.3) is 0 Å². The van der Waals surface area contributed by atoms with Crippen LogP contribution in [-0.4, -0.2) is 63.3 Å². The average Bonchev–Trinajstić information content (AvgIpc) is 3.47. The Bertz CT molecular complexity index is 955. The third-order valence-electron chi connectivity index (χ3n) is 5.73. The lowest BCUT2D eigenvalue weighted by molar-refractivity contribution is -0.137. The van der Waals surface area contributed by atoms with Crippen molar-refractivity contribution in [2.75, 3.05) is 43.4 Å². The van der Waals surface area contributed by atoms with Crippen molar-refractivity contribution >= 4 is 23.4 Å². The zero-order chi connectivity index (χ0) is 22.7. The third-order valence-corrected chi connectivity index (χ3v) is 5.73. The largest absolute Gasteiger partial charge is 0.421 e. The predicted molar refractivity (Wildman–Crippen MR) is 113 cm³/mol. The van der Waals surface area contributed by atoms with Crippen molar-refractivity contribution in [3.63, 3.8) is 0 Å². The molecule has 2 aliphatic rings. The van der Waals surface area contributed by atoms with Crippen LogP contribution < -0.4 is 16.0 Å². The summed E-state index contributed by atoms with van der Waals surface area (Å²) in [6.07, 6.45) is 0.891. The maximum absolute atomic E-state index is 13.4. The summed E-state index contributed by atoms with van der Waals surface area (Å²) >= 11 is 0. The van der Waals surface area contributed by atoms with E-state index in [4.69, 9.17) is 0 Å². The van der Waals surface area contributed by atoms with Crippen molar-refractivity contribution in [2.45, 2.75) is 44.8 Å². The van der Waals surface area contributed by atoms with Crippen molar-refractivity contribution in [2.24, 2.45) is 0 Å². The van der Waals surface area contributed by atoms with E-state index in [2.05, 4.69) is 31.0 Å². The van der Waals surface area contributed by atoms with E-state index in [0.717, 1.165) is 32.1 Å². The second kappa shape index (κ2) is 9.31. The lowest BCUT2D eigenvalue weighted by atomic mass is 10.3. The molecule has 0 bridgehead atoms. The second-order valence-corrected chi connectivity index (χ2v) is 8.10. The van der Waals surface area contributed by atoms with Gasteiger partial charge in [-0.25, -0.2) is 4.98 Å². The molecule has 0 unspecified atom stereocenters. The number of aryl methyl sites for hydroxylation is 1. The van der Waals surface area contributed by atoms with E-state index in [9.17, 15) is 18.0 Å². The van der Waals surface area contributed by atoms with Gasteiger partial charge in [0.05, 0.1) is 17.4 Å². The monoisotopic (exact) mass is 452 g/mol. The van der Waals surface area contributed by atoms with Gasteiger partial charge in [-0.1, -0.05) is 0 Å². The topological polar surface area (TPSA) is 100 Å². The van der Waals surface area contributed by atoms with Gasteiger partial charge in [-0.2, -0.15) is 23.3 Å². The highest BCUT2D eigenvalue weighted by Crippen LogP contribution is 2.34. The molecule has 0 saturated carbocycles. The highest BCUT2D eigenvalue weighted by atomic mass is 19.4. The zero-order valence-electron chi connectivity index (χ0n) is 17.9. The van der Waals surface area contributed by atoms with Gasteiger partial charge in [-0.05, 0) is 32.7 Å². The van der Waals surface area contributed by atoms with Crippen molar-refractivity contribution in [3.05, 3.63) is 23.7 Å². The van der Waals surface area contributed by atoms with E-state index >= 15 is 0 Å². The summed E-state index contributed by atoms with van der Waals surface area (Å²) in [5, 5.41) is 13.5. The maximum atomic E-state index is 13.4. The van der Waals surface area contributed by atoms with Crippen LogP contribution in [0.2, 0.25) is 0 Å². The number of carbonyl (C=O) groups is 1. The summed E-state index contributed by atoms with van der Waals surface area (Å²) in [6, 6.07) is 0.248. The summed E-state index contributed by atoms with van der Waals surface area (Å²) in [5.74, 6) is -0.131. The van der Waals surface area contributed by atoms with E-state index in [0.29, 0.717) is 37.3 Å². The second-order valence-electron chi connectivity index (χ2n) is 8.10. The van der Waals surface area contributed by atoms with E-state index < -0.39 is 11.7 Å². The van der Waals surface area contributed by atoms with Crippen molar-refractivity contribution in [1.29, 1.82) is 0 Å². The van der Waals surface area contributed by atoms with Crippen LogP contribution >= 0.6 is 0 Å². The fraction of sp³-hybridized carbons (Fsp3) is 0.600. The van der Waals surface area contributed by atoms with Gasteiger partial charge in [-0.15, -0.1) is 0 Å². The van der Waals surface area contributed by atoms with Crippen LogP contribution in [0.1, 0.15) is 43.0 Å². The van der Waals surface area contributed by atoms with Crippen LogP contribution in [0.15, 0.2) is 12.4 Å². The van der Waals surface area contributed by atoms with Crippen LogP contribution in [0.4, 0.5) is 30.6 Å². The predicted octanol–water partition coefficient (Wildman–Crippen LogP) is 2.70. The number of likely N-dealkylation sites (tertiary alicyclic amines) is 1. The molecule has 4 rings (SSSR count). The van der Waals surface area contributed by atoms with Crippen molar-refractivity contribution in [1.82, 2.24) is 30.0 Å². The molecule has 0 aromatic carbocycles. The molecular formula is C20H27F3N8O. The van der Waals surface area contributed by atoms with Gasteiger partial charge in [0.15, 0.2) is 0 Å². The van der Waals surface area contributed by atoms with Crippen LogP contribution in [0.5, 0.6) is 0 Å². The molecule has 12 heteroatoms. The van der Waals surface area contributed by atoms with Crippen LogP contribution in [-0.2, 0) is 11.0 Å². The maximum Gasteiger partial charge on any atom is 0.421 e. The van der Waals surface area contributed by atoms with E-state index in [1.165, 1.54) is 0 Å². The summed E-state index contributed by atoms with van der Waals surface area (Å²) in [4.78, 5) is 21.4. The molecule has 0 spiro atoms. The molecule has 2 saturated heterocycles. The van der Waals surface area contributed by atoms with E-state index in [1.807, 2.05) is 17.8 Å². The fourth-order valence-corrected chi connectivity index (χ4v) is 3.98. The van der Waals surface area contributed by atoms with Crippen LogP contribution in [0.3, 0.4) is 0 Å². The Labute approximate surface area is 183 Å². The van der Waals surface area contributed by atoms with Crippen LogP contribution in [0, 0.1) is 6.92 Å². The number of nitrogens with zero attached hydrogens (tertiary/aromatic N) is 5. The SMILES string of the molecule is Cc1nn([C@H]2CCNC2)cc1Nc1ncc(C(F)(F)F)c(NCCCN2CCCC2=O)n1. The first-order valence-corrected chi connectivity index (χ1v) is 10.8. The lowest BCUT2D eigenvalue weighted by Gasteiger charge is -2.17. The highest BCUT2D eigenvalue weighted by molar-refractivity contribution is 5.78. The standard InChI is InChI=1S/C20H27F3N8O/c1-13-16(12-31(29-13)14-5-7-24-10-14)27-19-26-11-15(20(21,22)23)18(28-19)25-6-3-9-30-8-2-4-17(30)32/h11-12,14,24H,2-10H2,1H3,(H2,25,26,27,28)/t14-/m0/s1. The summed E-state index contributed by atoms with van der Waals surface area (Å²) < 4.78 is 42.2. The van der Waals surface area contributed by atoms with Crippen molar-refractivity contribution < 1.29 is 18.0 Å². The Balaban J connectivity index is 1.44. The Morgan fingerprint density at radius 2 is 2.19 bits per heavy atom. The Morgan fingerprint density at radius 1 is 1.34 bits per heavy atom. The average molecular weight is 452 g/mol. The zero-order valence-corrected chi connectivity index (χ0v) is 17.9. The molecule has 2 fully saturated rings. The minimum absolute atomic E-state index is 0.0578. The molecule has 2 aromatic rings. The van der Waals surface area contributed by atoms with E-state index in [-0.39, 0.29) is 30.3 Å². The number of hydrogen-bond acceptors (Lipinski definition) is 7. The number of halogens is 3. The number of rotatable bonds is 8. The molecule has 0 aliphatic carbocycles. The first-order valence-electron chi connectivity index (χ1n) is 10.8. The van der Waals surface area contributed by atoms with Gasteiger partial charge in [0, 0.05) is 45.0 Å². The van der Waals surface area contributed by atoms with Gasteiger partial charge in [0.2, 0.25) is 11.9 Å². The molecule has 2 aromatic heterocycles. The molecule has 2 aliphatic heterocycles. The summed E-state index contributed by atoms with van der Waals surface area (Å²) in [7, 11) is 0. The Hall–Kier alpha value is -2.89. The minimum Gasteiger partial charge on any atom is -0.369 e. The lowest BCUT2D eigenvalue weighted by Crippen LogP contribution is -2.27. The quantitative estimate of drug-likeness (QED) is 0.530. The summed E-state index contributed by atoms with van der Waals surface area (Å²) in [5.41, 5.74) is 0.435. The molecule has 174 valence electrons. The Kier molecular flexibility index (Phi) is 6.49. The van der Waals surface area contributed by atoms with Gasteiger partial charge in [0.1, 0.15) is 11.4 Å². The number of carbonyl (C=O) groups excluding carboxylic acids is 1. The van der Waals surface area contributed by atoms with Gasteiger partial charge in [0.25, 0.3) is 0 Å².